The third-order valence-corrected chi connectivity index (χ3v) is 4.96. The van der Waals surface area contributed by atoms with E-state index in [0.29, 0.717) is 49.1 Å². The summed E-state index contributed by atoms with van der Waals surface area (Å²) in [6.45, 7) is 3.67. The van der Waals surface area contributed by atoms with Gasteiger partial charge in [0.25, 0.3) is 5.91 Å². The summed E-state index contributed by atoms with van der Waals surface area (Å²) in [5.41, 5.74) is 1.47. The Labute approximate surface area is 189 Å². The zero-order valence-electron chi connectivity index (χ0n) is 18.7. The highest BCUT2D eigenvalue weighted by molar-refractivity contribution is 5.96. The lowest BCUT2D eigenvalue weighted by Crippen LogP contribution is -2.30. The molecule has 6 heteroatoms. The van der Waals surface area contributed by atoms with Crippen molar-refractivity contribution in [2.45, 2.75) is 13.5 Å². The van der Waals surface area contributed by atoms with E-state index in [1.165, 1.54) is 0 Å². The van der Waals surface area contributed by atoms with Gasteiger partial charge in [0.05, 0.1) is 19.8 Å². The fourth-order valence-electron chi connectivity index (χ4n) is 3.29. The van der Waals surface area contributed by atoms with Crippen LogP contribution < -0.4 is 18.9 Å². The molecule has 0 heterocycles. The minimum Gasteiger partial charge on any atom is -0.493 e. The fraction of sp³-hybridized carbons (Fsp3) is 0.269. The van der Waals surface area contributed by atoms with Gasteiger partial charge in [-0.2, -0.15) is 0 Å². The number of amides is 1. The molecule has 0 N–H and O–H groups in total. The van der Waals surface area contributed by atoms with Crippen molar-refractivity contribution in [2.75, 3.05) is 34.0 Å². The number of ether oxygens (including phenoxy) is 4. The van der Waals surface area contributed by atoms with Crippen LogP contribution in [0, 0.1) is 0 Å². The lowest BCUT2D eigenvalue weighted by Gasteiger charge is -2.23. The third kappa shape index (κ3) is 5.94. The van der Waals surface area contributed by atoms with Gasteiger partial charge in [-0.3, -0.25) is 4.79 Å². The number of hydrogen-bond donors (Lipinski definition) is 0. The SMILES string of the molecule is CCN(Cc1ccc(OC)c(OC)c1)C(=O)c1ccccc1OCCOc1ccccc1. The lowest BCUT2D eigenvalue weighted by molar-refractivity contribution is 0.0747. The summed E-state index contributed by atoms with van der Waals surface area (Å²) in [7, 11) is 3.20. The molecule has 1 amide bonds. The number of carbonyl (C=O) groups is 1. The predicted molar refractivity (Wildman–Crippen MR) is 124 cm³/mol. The van der Waals surface area contributed by atoms with Crippen molar-refractivity contribution in [1.82, 2.24) is 4.90 Å². The van der Waals surface area contributed by atoms with Gasteiger partial charge in [0.15, 0.2) is 11.5 Å². The molecular formula is C26H29NO5. The first-order valence-corrected chi connectivity index (χ1v) is 10.6. The van der Waals surface area contributed by atoms with Crippen LogP contribution in [0.15, 0.2) is 72.8 Å². The number of nitrogens with zero attached hydrogens (tertiary/aromatic N) is 1. The molecule has 0 spiro atoms. The van der Waals surface area contributed by atoms with Crippen LogP contribution in [-0.2, 0) is 6.54 Å². The number of benzene rings is 3. The van der Waals surface area contributed by atoms with E-state index < -0.39 is 0 Å². The summed E-state index contributed by atoms with van der Waals surface area (Å²) in [5, 5.41) is 0. The zero-order chi connectivity index (χ0) is 22.8. The van der Waals surface area contributed by atoms with E-state index in [4.69, 9.17) is 18.9 Å². The normalized spacial score (nSPS) is 10.3. The molecule has 3 aromatic carbocycles. The summed E-state index contributed by atoms with van der Waals surface area (Å²) in [5.74, 6) is 2.52. The summed E-state index contributed by atoms with van der Waals surface area (Å²) >= 11 is 0. The number of para-hydroxylation sites is 2. The molecule has 0 atom stereocenters. The minimum atomic E-state index is -0.0955. The number of hydrogen-bond acceptors (Lipinski definition) is 5. The van der Waals surface area contributed by atoms with Crippen LogP contribution in [-0.4, -0.2) is 44.8 Å². The van der Waals surface area contributed by atoms with Crippen molar-refractivity contribution in [3.63, 3.8) is 0 Å². The van der Waals surface area contributed by atoms with Crippen molar-refractivity contribution in [3.05, 3.63) is 83.9 Å². The van der Waals surface area contributed by atoms with Gasteiger partial charge >= 0.3 is 0 Å². The summed E-state index contributed by atoms with van der Waals surface area (Å²) in [4.78, 5) is 15.1. The standard InChI is InChI=1S/C26H29NO5/c1-4-27(19-20-14-15-24(29-2)25(18-20)30-3)26(28)22-12-8-9-13-23(22)32-17-16-31-21-10-6-5-7-11-21/h5-15,18H,4,16-17,19H2,1-3H3. The Morgan fingerprint density at radius 2 is 1.47 bits per heavy atom. The second-order valence-electron chi connectivity index (χ2n) is 7.01. The smallest absolute Gasteiger partial charge is 0.257 e. The second-order valence-corrected chi connectivity index (χ2v) is 7.01. The van der Waals surface area contributed by atoms with Crippen LogP contribution in [0.5, 0.6) is 23.0 Å². The maximum Gasteiger partial charge on any atom is 0.257 e. The summed E-state index contributed by atoms with van der Waals surface area (Å²) in [6.07, 6.45) is 0. The molecule has 6 nitrogen and oxygen atoms in total. The first kappa shape index (κ1) is 23.0. The van der Waals surface area contributed by atoms with Crippen LogP contribution >= 0.6 is 0 Å². The molecule has 0 radical (unpaired) electrons. The van der Waals surface area contributed by atoms with E-state index in [1.807, 2.05) is 67.6 Å². The first-order chi connectivity index (χ1) is 15.7. The molecule has 0 aliphatic carbocycles. The molecule has 0 saturated heterocycles. The van der Waals surface area contributed by atoms with E-state index in [0.717, 1.165) is 11.3 Å². The van der Waals surface area contributed by atoms with Gasteiger partial charge in [0.2, 0.25) is 0 Å². The van der Waals surface area contributed by atoms with Crippen LogP contribution in [0.25, 0.3) is 0 Å². The molecule has 0 unspecified atom stereocenters. The van der Waals surface area contributed by atoms with Crippen LogP contribution in [0.2, 0.25) is 0 Å². The van der Waals surface area contributed by atoms with Gasteiger partial charge < -0.3 is 23.8 Å². The molecule has 0 bridgehead atoms. The monoisotopic (exact) mass is 435 g/mol. The van der Waals surface area contributed by atoms with Crippen molar-refractivity contribution < 1.29 is 23.7 Å². The van der Waals surface area contributed by atoms with E-state index in [2.05, 4.69) is 0 Å². The average Bonchev–Trinajstić information content (AvgIpc) is 2.85. The Hall–Kier alpha value is -3.67. The molecule has 168 valence electrons. The maximum absolute atomic E-state index is 13.3. The van der Waals surface area contributed by atoms with Crippen molar-refractivity contribution >= 4 is 5.91 Å². The van der Waals surface area contributed by atoms with E-state index in [9.17, 15) is 4.79 Å². The Morgan fingerprint density at radius 1 is 0.781 bits per heavy atom. The van der Waals surface area contributed by atoms with E-state index in [-0.39, 0.29) is 5.91 Å². The van der Waals surface area contributed by atoms with Crippen molar-refractivity contribution in [3.8, 4) is 23.0 Å². The van der Waals surface area contributed by atoms with Gasteiger partial charge in [-0.1, -0.05) is 36.4 Å². The van der Waals surface area contributed by atoms with Crippen LogP contribution in [0.1, 0.15) is 22.8 Å². The zero-order valence-corrected chi connectivity index (χ0v) is 18.7. The van der Waals surface area contributed by atoms with Gasteiger partial charge in [0, 0.05) is 13.1 Å². The highest BCUT2D eigenvalue weighted by Crippen LogP contribution is 2.28. The Balaban J connectivity index is 1.66. The molecule has 0 aliphatic heterocycles. The van der Waals surface area contributed by atoms with Crippen LogP contribution in [0.3, 0.4) is 0 Å². The van der Waals surface area contributed by atoms with E-state index in [1.54, 1.807) is 31.3 Å². The highest BCUT2D eigenvalue weighted by Gasteiger charge is 2.19. The molecular weight excluding hydrogens is 406 g/mol. The fourth-order valence-corrected chi connectivity index (χ4v) is 3.29. The molecule has 3 aromatic rings. The molecule has 3 rings (SSSR count). The summed E-state index contributed by atoms with van der Waals surface area (Å²) < 4.78 is 22.2. The van der Waals surface area contributed by atoms with Gasteiger partial charge in [-0.05, 0) is 48.9 Å². The second kappa shape index (κ2) is 11.6. The van der Waals surface area contributed by atoms with Gasteiger partial charge in [-0.25, -0.2) is 0 Å². The third-order valence-electron chi connectivity index (χ3n) is 4.96. The number of methoxy groups -OCH3 is 2. The summed E-state index contributed by atoms with van der Waals surface area (Å²) in [6, 6.07) is 22.5. The molecule has 0 aliphatic rings. The average molecular weight is 436 g/mol. The predicted octanol–water partition coefficient (Wildman–Crippen LogP) is 4.82. The highest BCUT2D eigenvalue weighted by atomic mass is 16.5. The Kier molecular flexibility index (Phi) is 8.37. The van der Waals surface area contributed by atoms with Gasteiger partial charge in [0.1, 0.15) is 24.7 Å². The Morgan fingerprint density at radius 3 is 2.19 bits per heavy atom. The first-order valence-electron chi connectivity index (χ1n) is 10.6. The number of carbonyl (C=O) groups excluding carboxylic acids is 1. The largest absolute Gasteiger partial charge is 0.493 e. The molecule has 0 saturated carbocycles. The maximum atomic E-state index is 13.3. The Bertz CT molecular complexity index is 1010. The van der Waals surface area contributed by atoms with Crippen molar-refractivity contribution in [1.29, 1.82) is 0 Å². The van der Waals surface area contributed by atoms with Gasteiger partial charge in [-0.15, -0.1) is 0 Å². The topological polar surface area (TPSA) is 57.2 Å². The molecule has 0 fully saturated rings. The number of rotatable bonds is 11. The van der Waals surface area contributed by atoms with Crippen LogP contribution in [0.4, 0.5) is 0 Å². The minimum absolute atomic E-state index is 0.0955. The lowest BCUT2D eigenvalue weighted by atomic mass is 10.1. The van der Waals surface area contributed by atoms with E-state index >= 15 is 0 Å². The molecule has 32 heavy (non-hydrogen) atoms. The van der Waals surface area contributed by atoms with Crippen molar-refractivity contribution in [2.24, 2.45) is 0 Å². The molecule has 0 aromatic heterocycles. The quantitative estimate of drug-likeness (QED) is 0.404.